The molecule has 10 nitrogen and oxygen atoms in total. The molecule has 1 saturated heterocycles. The number of nitrogens with one attached hydrogen (secondary N) is 2. The van der Waals surface area contributed by atoms with Gasteiger partial charge in [0.15, 0.2) is 11.5 Å². The van der Waals surface area contributed by atoms with E-state index in [0.29, 0.717) is 34.9 Å². The average Bonchev–Trinajstić information content (AvgIpc) is 3.46. The Hall–Kier alpha value is -4.88. The Morgan fingerprint density at radius 1 is 0.957 bits per heavy atom. The molecule has 4 heterocycles. The van der Waals surface area contributed by atoms with E-state index in [0.717, 1.165) is 62.4 Å². The molecule has 238 valence electrons. The SMILES string of the molecule is Cc1ccc(C(=O)Nc2cccc(C(F)(F)F)c2)cc1Nc1nc(-c2cccnc2)nc2c1cnn2CCCN1CCN(C)CC1. The van der Waals surface area contributed by atoms with Gasteiger partial charge < -0.3 is 20.4 Å². The van der Waals surface area contributed by atoms with Crippen molar-refractivity contribution in [3.05, 3.63) is 89.9 Å². The fourth-order valence-electron chi connectivity index (χ4n) is 5.36. The van der Waals surface area contributed by atoms with Crippen molar-refractivity contribution in [2.24, 2.45) is 0 Å². The zero-order chi connectivity index (χ0) is 32.3. The fraction of sp³-hybridized carbons (Fsp3) is 0.303. The zero-order valence-electron chi connectivity index (χ0n) is 25.6. The summed E-state index contributed by atoms with van der Waals surface area (Å²) < 4.78 is 41.5. The number of hydrogen-bond acceptors (Lipinski definition) is 8. The number of hydrogen-bond donors (Lipinski definition) is 2. The Bertz CT molecular complexity index is 1830. The third kappa shape index (κ3) is 7.16. The highest BCUT2D eigenvalue weighted by Gasteiger charge is 2.30. The number of rotatable bonds is 9. The van der Waals surface area contributed by atoms with Gasteiger partial charge in [0.25, 0.3) is 5.91 Å². The van der Waals surface area contributed by atoms with Gasteiger partial charge in [-0.15, -0.1) is 0 Å². The van der Waals surface area contributed by atoms with E-state index < -0.39 is 17.6 Å². The average molecular weight is 630 g/mol. The molecule has 2 aromatic carbocycles. The van der Waals surface area contributed by atoms with Crippen LogP contribution in [0.25, 0.3) is 22.4 Å². The van der Waals surface area contributed by atoms with E-state index in [9.17, 15) is 18.0 Å². The Labute approximate surface area is 264 Å². The van der Waals surface area contributed by atoms with Gasteiger partial charge >= 0.3 is 6.18 Å². The Morgan fingerprint density at radius 3 is 2.54 bits per heavy atom. The van der Waals surface area contributed by atoms with Crippen LogP contribution in [0.4, 0.5) is 30.4 Å². The highest BCUT2D eigenvalue weighted by Crippen LogP contribution is 2.32. The Morgan fingerprint density at radius 2 is 1.78 bits per heavy atom. The van der Waals surface area contributed by atoms with Crippen LogP contribution in [0, 0.1) is 6.92 Å². The van der Waals surface area contributed by atoms with E-state index in [1.165, 1.54) is 12.1 Å². The molecule has 13 heteroatoms. The summed E-state index contributed by atoms with van der Waals surface area (Å²) in [5.74, 6) is 0.437. The minimum Gasteiger partial charge on any atom is -0.339 e. The molecule has 46 heavy (non-hydrogen) atoms. The molecule has 0 bridgehead atoms. The van der Waals surface area contributed by atoms with Crippen molar-refractivity contribution < 1.29 is 18.0 Å². The van der Waals surface area contributed by atoms with Crippen LogP contribution in [0.2, 0.25) is 0 Å². The molecule has 1 aliphatic heterocycles. The lowest BCUT2D eigenvalue weighted by Gasteiger charge is -2.32. The molecular formula is C33H34F3N9O. The number of fused-ring (bicyclic) bond motifs is 1. The maximum absolute atomic E-state index is 13.2. The molecule has 0 spiro atoms. The van der Waals surface area contributed by atoms with Gasteiger partial charge in [0.2, 0.25) is 0 Å². The van der Waals surface area contributed by atoms with Crippen molar-refractivity contribution in [1.82, 2.24) is 34.5 Å². The Kier molecular flexibility index (Phi) is 8.95. The molecule has 0 atom stereocenters. The third-order valence-electron chi connectivity index (χ3n) is 8.06. The summed E-state index contributed by atoms with van der Waals surface area (Å²) in [4.78, 5) is 31.8. The molecule has 0 unspecified atom stereocenters. The van der Waals surface area contributed by atoms with E-state index >= 15 is 0 Å². The summed E-state index contributed by atoms with van der Waals surface area (Å²) in [6, 6.07) is 13.3. The third-order valence-corrected chi connectivity index (χ3v) is 8.06. The summed E-state index contributed by atoms with van der Waals surface area (Å²) in [6.45, 7) is 7.77. The molecule has 0 radical (unpaired) electrons. The highest BCUT2D eigenvalue weighted by atomic mass is 19.4. The summed E-state index contributed by atoms with van der Waals surface area (Å²) in [6.07, 6.45) is 1.52. The van der Waals surface area contributed by atoms with E-state index in [-0.39, 0.29) is 11.3 Å². The number of benzene rings is 2. The standard InChI is InChI=1S/C33H34F3N9O/c1-22-9-10-23(32(46)39-26-8-3-7-25(19-26)33(34,35)36)18-28(22)40-30-27-21-38-45(13-5-12-44-16-14-43(2)15-17-44)31(27)42-29(41-30)24-6-4-11-37-20-24/h3-4,6-11,18-21H,5,12-17H2,1-2H3,(H,39,46)(H,40,41,42). The van der Waals surface area contributed by atoms with Gasteiger partial charge in [-0.05, 0) is 68.4 Å². The topological polar surface area (TPSA) is 104 Å². The minimum absolute atomic E-state index is 0.0496. The summed E-state index contributed by atoms with van der Waals surface area (Å²) in [5.41, 5.74) is 2.33. The van der Waals surface area contributed by atoms with E-state index in [4.69, 9.17) is 9.97 Å². The first-order valence-electron chi connectivity index (χ1n) is 15.1. The van der Waals surface area contributed by atoms with Crippen LogP contribution in [0.1, 0.15) is 27.9 Å². The predicted molar refractivity (Wildman–Crippen MR) is 171 cm³/mol. The molecule has 6 rings (SSSR count). The predicted octanol–water partition coefficient (Wildman–Crippen LogP) is 5.85. The second-order valence-corrected chi connectivity index (χ2v) is 11.4. The van der Waals surface area contributed by atoms with Crippen molar-refractivity contribution in [2.75, 3.05) is 50.4 Å². The number of pyridine rings is 1. The first kappa shape index (κ1) is 31.1. The fourth-order valence-corrected chi connectivity index (χ4v) is 5.36. The van der Waals surface area contributed by atoms with E-state index in [2.05, 4.69) is 37.6 Å². The van der Waals surface area contributed by atoms with Gasteiger partial charge in [-0.25, -0.2) is 14.6 Å². The van der Waals surface area contributed by atoms with Crippen LogP contribution in [0.15, 0.2) is 73.2 Å². The lowest BCUT2D eigenvalue weighted by atomic mass is 10.1. The van der Waals surface area contributed by atoms with Crippen LogP contribution in [0.3, 0.4) is 0 Å². The van der Waals surface area contributed by atoms with Crippen LogP contribution in [0.5, 0.6) is 0 Å². The van der Waals surface area contributed by atoms with Gasteiger partial charge in [0.05, 0.1) is 17.1 Å². The summed E-state index contributed by atoms with van der Waals surface area (Å²) in [7, 11) is 2.14. The number of piperazine rings is 1. The largest absolute Gasteiger partial charge is 0.416 e. The maximum atomic E-state index is 13.2. The van der Waals surface area contributed by atoms with Gasteiger partial charge in [0, 0.05) is 74.2 Å². The minimum atomic E-state index is -4.52. The number of halogens is 3. The van der Waals surface area contributed by atoms with E-state index in [1.807, 2.05) is 23.7 Å². The molecule has 0 aliphatic carbocycles. The molecule has 5 aromatic rings. The number of aryl methyl sites for hydroxylation is 2. The number of anilines is 3. The van der Waals surface area contributed by atoms with Crippen molar-refractivity contribution in [3.8, 4) is 11.4 Å². The normalized spacial score (nSPS) is 14.5. The molecule has 2 N–H and O–H groups in total. The Balaban J connectivity index is 1.27. The number of carbonyl (C=O) groups is 1. The zero-order valence-corrected chi connectivity index (χ0v) is 25.6. The molecule has 1 fully saturated rings. The van der Waals surface area contributed by atoms with Crippen LogP contribution >= 0.6 is 0 Å². The second kappa shape index (κ2) is 13.2. The lowest BCUT2D eigenvalue weighted by Crippen LogP contribution is -2.44. The molecule has 0 saturated carbocycles. The number of aromatic nitrogens is 5. The smallest absolute Gasteiger partial charge is 0.339 e. The first-order chi connectivity index (χ1) is 22.1. The second-order valence-electron chi connectivity index (χ2n) is 11.4. The van der Waals surface area contributed by atoms with Crippen LogP contribution in [-0.4, -0.2) is 80.2 Å². The monoisotopic (exact) mass is 629 g/mol. The number of nitrogens with zero attached hydrogens (tertiary/aromatic N) is 7. The number of carbonyl (C=O) groups excluding carboxylic acids is 1. The molecular weight excluding hydrogens is 595 g/mol. The summed E-state index contributed by atoms with van der Waals surface area (Å²) in [5, 5.41) is 11.3. The van der Waals surface area contributed by atoms with E-state index in [1.54, 1.807) is 36.8 Å². The number of likely N-dealkylation sites (N-methyl/N-ethyl adjacent to an activating group) is 1. The lowest BCUT2D eigenvalue weighted by molar-refractivity contribution is -0.137. The summed E-state index contributed by atoms with van der Waals surface area (Å²) >= 11 is 0. The van der Waals surface area contributed by atoms with Crippen molar-refractivity contribution in [1.29, 1.82) is 0 Å². The van der Waals surface area contributed by atoms with Gasteiger partial charge in [-0.2, -0.15) is 18.3 Å². The van der Waals surface area contributed by atoms with Crippen molar-refractivity contribution in [3.63, 3.8) is 0 Å². The van der Waals surface area contributed by atoms with Crippen molar-refractivity contribution >= 4 is 34.1 Å². The van der Waals surface area contributed by atoms with Gasteiger partial charge in [-0.3, -0.25) is 9.78 Å². The van der Waals surface area contributed by atoms with Crippen molar-refractivity contribution in [2.45, 2.75) is 26.1 Å². The number of amides is 1. The highest BCUT2D eigenvalue weighted by molar-refractivity contribution is 6.05. The van der Waals surface area contributed by atoms with Crippen LogP contribution in [-0.2, 0) is 12.7 Å². The number of alkyl halides is 3. The quantitative estimate of drug-likeness (QED) is 0.209. The van der Waals surface area contributed by atoms with Gasteiger partial charge in [-0.1, -0.05) is 12.1 Å². The maximum Gasteiger partial charge on any atom is 0.416 e. The first-order valence-corrected chi connectivity index (χ1v) is 15.1. The molecule has 1 aliphatic rings. The van der Waals surface area contributed by atoms with Crippen LogP contribution < -0.4 is 10.6 Å². The molecule has 3 aromatic heterocycles. The molecule has 1 amide bonds. The van der Waals surface area contributed by atoms with Gasteiger partial charge in [0.1, 0.15) is 5.82 Å².